The van der Waals surface area contributed by atoms with E-state index in [2.05, 4.69) is 10.9 Å². The summed E-state index contributed by atoms with van der Waals surface area (Å²) in [6.45, 7) is 0. The number of rotatable bonds is 3. The lowest BCUT2D eigenvalue weighted by atomic mass is 10.2. The number of methoxy groups -OCH3 is 1. The van der Waals surface area contributed by atoms with Gasteiger partial charge < -0.3 is 4.74 Å². The van der Waals surface area contributed by atoms with Gasteiger partial charge in [-0.05, 0) is 36.4 Å². The second-order valence-corrected chi connectivity index (χ2v) is 5.63. The van der Waals surface area contributed by atoms with Crippen LogP contribution in [0.15, 0.2) is 36.4 Å². The lowest BCUT2D eigenvalue weighted by Gasteiger charge is -2.11. The molecule has 120 valence electrons. The minimum absolute atomic E-state index is 0.228. The first-order valence-electron chi connectivity index (χ1n) is 6.31. The molecule has 0 aliphatic heterocycles. The van der Waals surface area contributed by atoms with Gasteiger partial charge in [0.15, 0.2) is 0 Å². The molecule has 0 heterocycles. The van der Waals surface area contributed by atoms with Gasteiger partial charge in [-0.2, -0.15) is 0 Å². The number of carbonyl (C=O) groups excluding carboxylic acids is 2. The van der Waals surface area contributed by atoms with Gasteiger partial charge in [0, 0.05) is 10.6 Å². The van der Waals surface area contributed by atoms with Gasteiger partial charge in [0.1, 0.15) is 5.75 Å². The minimum Gasteiger partial charge on any atom is -0.496 e. The standard InChI is InChI=1S/C15H11Cl3N2O3/c1-23-13-7-9(16)3-4-10(13)15(22)20-19-14(21)8-2-5-11(17)12(18)6-8/h2-7H,1H3,(H,19,21)(H,20,22). The van der Waals surface area contributed by atoms with E-state index in [9.17, 15) is 9.59 Å². The van der Waals surface area contributed by atoms with E-state index in [1.165, 1.54) is 37.4 Å². The Bertz CT molecular complexity index is 766. The van der Waals surface area contributed by atoms with Gasteiger partial charge in [-0.1, -0.05) is 34.8 Å². The lowest BCUT2D eigenvalue weighted by Crippen LogP contribution is -2.41. The molecule has 0 spiro atoms. The van der Waals surface area contributed by atoms with E-state index in [4.69, 9.17) is 39.5 Å². The van der Waals surface area contributed by atoms with Crippen molar-refractivity contribution in [3.05, 3.63) is 62.6 Å². The number of nitrogens with one attached hydrogen (secondary N) is 2. The van der Waals surface area contributed by atoms with Crippen molar-refractivity contribution in [2.75, 3.05) is 7.11 Å². The fraction of sp³-hybridized carbons (Fsp3) is 0.0667. The summed E-state index contributed by atoms with van der Waals surface area (Å²) in [6.07, 6.45) is 0. The highest BCUT2D eigenvalue weighted by atomic mass is 35.5. The second-order valence-electron chi connectivity index (χ2n) is 4.38. The van der Waals surface area contributed by atoms with Crippen LogP contribution in [-0.2, 0) is 0 Å². The summed E-state index contributed by atoms with van der Waals surface area (Å²) < 4.78 is 5.08. The summed E-state index contributed by atoms with van der Waals surface area (Å²) in [5.41, 5.74) is 5.05. The van der Waals surface area contributed by atoms with E-state index in [0.29, 0.717) is 15.8 Å². The van der Waals surface area contributed by atoms with Crippen LogP contribution in [0, 0.1) is 0 Å². The lowest BCUT2D eigenvalue weighted by molar-refractivity contribution is 0.0845. The summed E-state index contributed by atoms with van der Waals surface area (Å²) in [5.74, 6) is -0.796. The van der Waals surface area contributed by atoms with Gasteiger partial charge in [0.25, 0.3) is 11.8 Å². The highest BCUT2D eigenvalue weighted by Crippen LogP contribution is 2.23. The SMILES string of the molecule is COc1cc(Cl)ccc1C(=O)NNC(=O)c1ccc(Cl)c(Cl)c1. The van der Waals surface area contributed by atoms with Crippen LogP contribution >= 0.6 is 34.8 Å². The van der Waals surface area contributed by atoms with Crippen LogP contribution in [0.1, 0.15) is 20.7 Å². The maximum atomic E-state index is 12.1. The molecule has 0 saturated heterocycles. The average Bonchev–Trinajstić information content (AvgIpc) is 2.54. The smallest absolute Gasteiger partial charge is 0.273 e. The number of amides is 2. The van der Waals surface area contributed by atoms with Crippen molar-refractivity contribution in [3.8, 4) is 5.75 Å². The number of hydrazine groups is 1. The third kappa shape index (κ3) is 4.28. The zero-order valence-corrected chi connectivity index (χ0v) is 14.1. The molecule has 5 nitrogen and oxygen atoms in total. The van der Waals surface area contributed by atoms with Gasteiger partial charge in [-0.3, -0.25) is 20.4 Å². The summed E-state index contributed by atoms with van der Waals surface area (Å²) in [7, 11) is 1.41. The Morgan fingerprint density at radius 1 is 0.913 bits per heavy atom. The Labute approximate surface area is 147 Å². The van der Waals surface area contributed by atoms with Crippen molar-refractivity contribution >= 4 is 46.6 Å². The third-order valence-electron chi connectivity index (χ3n) is 2.88. The maximum absolute atomic E-state index is 12.1. The molecule has 23 heavy (non-hydrogen) atoms. The van der Waals surface area contributed by atoms with Gasteiger partial charge >= 0.3 is 0 Å². The van der Waals surface area contributed by atoms with Crippen LogP contribution < -0.4 is 15.6 Å². The summed E-state index contributed by atoms with van der Waals surface area (Å²) >= 11 is 17.5. The Balaban J connectivity index is 2.06. The molecule has 0 aromatic heterocycles. The number of ether oxygens (including phenoxy) is 1. The number of hydrogen-bond acceptors (Lipinski definition) is 3. The van der Waals surface area contributed by atoms with Gasteiger partial charge in [0.05, 0.1) is 22.7 Å². The number of halogens is 3. The zero-order valence-electron chi connectivity index (χ0n) is 11.8. The molecule has 0 aliphatic rings. The van der Waals surface area contributed by atoms with Crippen LogP contribution in [0.3, 0.4) is 0 Å². The average molecular weight is 374 g/mol. The van der Waals surface area contributed by atoms with E-state index in [1.807, 2.05) is 0 Å². The van der Waals surface area contributed by atoms with Gasteiger partial charge in [-0.15, -0.1) is 0 Å². The van der Waals surface area contributed by atoms with Crippen molar-refractivity contribution in [2.24, 2.45) is 0 Å². The topological polar surface area (TPSA) is 67.4 Å². The summed E-state index contributed by atoms with van der Waals surface area (Å²) in [6, 6.07) is 8.90. The van der Waals surface area contributed by atoms with Crippen LogP contribution in [0.25, 0.3) is 0 Å². The Kier molecular flexibility index (Phi) is 5.71. The Morgan fingerprint density at radius 2 is 1.61 bits per heavy atom. The number of hydrogen-bond donors (Lipinski definition) is 2. The normalized spacial score (nSPS) is 10.1. The maximum Gasteiger partial charge on any atom is 0.273 e. The Hall–Kier alpha value is -1.95. The molecule has 2 rings (SSSR count). The Morgan fingerprint density at radius 3 is 2.26 bits per heavy atom. The largest absolute Gasteiger partial charge is 0.496 e. The molecule has 0 atom stereocenters. The number of carbonyl (C=O) groups is 2. The monoisotopic (exact) mass is 372 g/mol. The van der Waals surface area contributed by atoms with E-state index >= 15 is 0 Å². The fourth-order valence-corrected chi connectivity index (χ4v) is 2.20. The molecule has 0 saturated carbocycles. The molecule has 2 aromatic carbocycles. The van der Waals surface area contributed by atoms with Crippen LogP contribution in [0.5, 0.6) is 5.75 Å². The first-order chi connectivity index (χ1) is 10.9. The van der Waals surface area contributed by atoms with Gasteiger partial charge in [-0.25, -0.2) is 0 Å². The molecule has 0 bridgehead atoms. The van der Waals surface area contributed by atoms with Gasteiger partial charge in [0.2, 0.25) is 0 Å². The molecule has 0 fully saturated rings. The van der Waals surface area contributed by atoms with Crippen LogP contribution in [0.2, 0.25) is 15.1 Å². The second kappa shape index (κ2) is 7.55. The van der Waals surface area contributed by atoms with Crippen LogP contribution in [-0.4, -0.2) is 18.9 Å². The van der Waals surface area contributed by atoms with Crippen molar-refractivity contribution < 1.29 is 14.3 Å². The predicted molar refractivity (Wildman–Crippen MR) is 89.4 cm³/mol. The van der Waals surface area contributed by atoms with Crippen LogP contribution in [0.4, 0.5) is 0 Å². The first kappa shape index (κ1) is 17.4. The van der Waals surface area contributed by atoms with E-state index in [1.54, 1.807) is 6.07 Å². The molecule has 2 aromatic rings. The van der Waals surface area contributed by atoms with E-state index < -0.39 is 11.8 Å². The van der Waals surface area contributed by atoms with Crippen molar-refractivity contribution in [2.45, 2.75) is 0 Å². The molecule has 0 radical (unpaired) electrons. The molecule has 8 heteroatoms. The quantitative estimate of drug-likeness (QED) is 0.806. The molecule has 2 amide bonds. The molecule has 0 aliphatic carbocycles. The van der Waals surface area contributed by atoms with Crippen molar-refractivity contribution in [1.29, 1.82) is 0 Å². The fourth-order valence-electron chi connectivity index (χ4n) is 1.74. The van der Waals surface area contributed by atoms with E-state index in [0.717, 1.165) is 0 Å². The summed E-state index contributed by atoms with van der Waals surface area (Å²) in [5, 5.41) is 1.00. The molecular weight excluding hydrogens is 363 g/mol. The highest BCUT2D eigenvalue weighted by molar-refractivity contribution is 6.42. The third-order valence-corrected chi connectivity index (χ3v) is 3.85. The predicted octanol–water partition coefficient (Wildman–Crippen LogP) is 3.73. The molecular formula is C15H11Cl3N2O3. The summed E-state index contributed by atoms with van der Waals surface area (Å²) in [4.78, 5) is 24.1. The number of benzene rings is 2. The van der Waals surface area contributed by atoms with Crippen molar-refractivity contribution in [3.63, 3.8) is 0 Å². The molecule has 2 N–H and O–H groups in total. The zero-order chi connectivity index (χ0) is 17.0. The highest BCUT2D eigenvalue weighted by Gasteiger charge is 2.14. The molecule has 0 unspecified atom stereocenters. The van der Waals surface area contributed by atoms with E-state index in [-0.39, 0.29) is 16.1 Å². The minimum atomic E-state index is -0.549. The van der Waals surface area contributed by atoms with Crippen molar-refractivity contribution in [1.82, 2.24) is 10.9 Å². The first-order valence-corrected chi connectivity index (χ1v) is 7.45.